The van der Waals surface area contributed by atoms with Crippen LogP contribution in [0.25, 0.3) is 11.1 Å². The molecule has 10 heteroatoms. The van der Waals surface area contributed by atoms with Crippen LogP contribution in [0, 0.1) is 5.82 Å². The van der Waals surface area contributed by atoms with Crippen molar-refractivity contribution in [1.29, 1.82) is 0 Å². The van der Waals surface area contributed by atoms with Crippen molar-refractivity contribution in [3.05, 3.63) is 41.3 Å². The van der Waals surface area contributed by atoms with Gasteiger partial charge in [-0.3, -0.25) is 4.79 Å². The fourth-order valence-electron chi connectivity index (χ4n) is 2.80. The molecule has 0 aliphatic carbocycles. The van der Waals surface area contributed by atoms with Crippen LogP contribution in [0.4, 0.5) is 17.6 Å². The Balaban J connectivity index is 0.000000321. The highest BCUT2D eigenvalue weighted by Crippen LogP contribution is 2.34. The molecule has 158 valence electrons. The Morgan fingerprint density at radius 3 is 2.48 bits per heavy atom. The number of ether oxygens (including phenoxy) is 1. The molecule has 2 N–H and O–H groups in total. The molecule has 29 heavy (non-hydrogen) atoms. The first-order valence-electron chi connectivity index (χ1n) is 8.71. The molecule has 1 unspecified atom stereocenters. The molecule has 0 radical (unpaired) electrons. The highest BCUT2D eigenvalue weighted by Gasteiger charge is 2.27. The lowest BCUT2D eigenvalue weighted by atomic mass is 9.95. The fourth-order valence-corrected chi connectivity index (χ4v) is 3.04. The summed E-state index contributed by atoms with van der Waals surface area (Å²) in [4.78, 5) is 16.6. The number of hydrogen-bond acceptors (Lipinski definition) is 4. The molecular formula is C19H22F4N3O2P. The molecule has 0 fully saturated rings. The number of primary amides is 1. The smallest absolute Gasteiger partial charge is 0.401 e. The van der Waals surface area contributed by atoms with Gasteiger partial charge in [-0.1, -0.05) is 12.1 Å². The van der Waals surface area contributed by atoms with Crippen molar-refractivity contribution in [2.24, 2.45) is 5.73 Å². The quantitative estimate of drug-likeness (QED) is 0.600. The summed E-state index contributed by atoms with van der Waals surface area (Å²) in [5, 5.41) is 0.755. The lowest BCUT2D eigenvalue weighted by molar-refractivity contribution is -0.140. The van der Waals surface area contributed by atoms with Crippen LogP contribution in [0.1, 0.15) is 22.5 Å². The van der Waals surface area contributed by atoms with Gasteiger partial charge in [-0.25, -0.2) is 9.37 Å². The highest BCUT2D eigenvalue weighted by atomic mass is 31.0. The first-order chi connectivity index (χ1) is 13.5. The zero-order valence-corrected chi connectivity index (χ0v) is 17.2. The van der Waals surface area contributed by atoms with Gasteiger partial charge in [0.25, 0.3) is 5.91 Å². The van der Waals surface area contributed by atoms with Crippen molar-refractivity contribution in [2.45, 2.75) is 19.0 Å². The van der Waals surface area contributed by atoms with Gasteiger partial charge < -0.3 is 15.4 Å². The van der Waals surface area contributed by atoms with Crippen LogP contribution in [0.2, 0.25) is 0 Å². The van der Waals surface area contributed by atoms with Crippen molar-refractivity contribution < 1.29 is 27.1 Å². The second-order valence-corrected chi connectivity index (χ2v) is 7.41. The molecule has 2 aromatic rings. The van der Waals surface area contributed by atoms with Gasteiger partial charge in [-0.2, -0.15) is 13.2 Å². The summed E-state index contributed by atoms with van der Waals surface area (Å²) >= 11 is 0. The lowest BCUT2D eigenvalue weighted by Gasteiger charge is -2.20. The topological polar surface area (TPSA) is 68.5 Å². The number of pyridine rings is 1. The summed E-state index contributed by atoms with van der Waals surface area (Å²) in [6.07, 6.45) is -2.48. The number of fused-ring (bicyclic) bond motifs is 1. The summed E-state index contributed by atoms with van der Waals surface area (Å²) < 4.78 is 53.5. The van der Waals surface area contributed by atoms with Crippen LogP contribution in [0.15, 0.2) is 24.3 Å². The number of halogens is 4. The minimum absolute atomic E-state index is 0.0833. The monoisotopic (exact) mass is 431 g/mol. The summed E-state index contributed by atoms with van der Waals surface area (Å²) in [6, 6.07) is 6.45. The third-order valence-electron chi connectivity index (χ3n) is 3.93. The van der Waals surface area contributed by atoms with Crippen molar-refractivity contribution in [3.8, 4) is 17.0 Å². The van der Waals surface area contributed by atoms with Gasteiger partial charge in [0.1, 0.15) is 11.5 Å². The molecule has 0 saturated carbocycles. The largest absolute Gasteiger partial charge is 0.477 e. The Labute approximate surface area is 168 Å². The molecule has 0 bridgehead atoms. The molecular weight excluding hydrogens is 409 g/mol. The molecule has 1 atom stereocenters. The molecule has 1 aromatic carbocycles. The Kier molecular flexibility index (Phi) is 7.54. The molecule has 0 spiro atoms. The number of benzene rings is 1. The van der Waals surface area contributed by atoms with E-state index in [4.69, 9.17) is 10.5 Å². The van der Waals surface area contributed by atoms with Crippen molar-refractivity contribution in [2.75, 3.05) is 27.2 Å². The Morgan fingerprint density at radius 1 is 1.28 bits per heavy atom. The van der Waals surface area contributed by atoms with Gasteiger partial charge in [0.2, 0.25) is 5.88 Å². The van der Waals surface area contributed by atoms with E-state index in [0.29, 0.717) is 23.6 Å². The number of nitrogens with two attached hydrogens (primary N) is 1. The molecule has 1 aliphatic rings. The van der Waals surface area contributed by atoms with Crippen LogP contribution >= 0.6 is 9.24 Å². The highest BCUT2D eigenvalue weighted by molar-refractivity contribution is 7.27. The summed E-state index contributed by atoms with van der Waals surface area (Å²) in [5.74, 6) is -0.630. The van der Waals surface area contributed by atoms with E-state index in [-0.39, 0.29) is 11.5 Å². The van der Waals surface area contributed by atoms with E-state index in [9.17, 15) is 22.4 Å². The third-order valence-corrected chi connectivity index (χ3v) is 4.29. The van der Waals surface area contributed by atoms with E-state index in [2.05, 4.69) is 14.2 Å². The molecule has 5 nitrogen and oxygen atoms in total. The standard InChI is InChI=1S/C15H14FN2O2P.C4H8F3N/c16-12-6-8(21)3-4-9(12)11-7-13(14(17)19)18-15-10(11)2-1-5-20-15;1-8(2)3-4(5,6)7/h3-4,6-7H,1-2,5,21H2,(H2,17,19);3H2,1-2H3. The Morgan fingerprint density at radius 2 is 1.97 bits per heavy atom. The van der Waals surface area contributed by atoms with E-state index in [1.54, 1.807) is 12.1 Å². The molecule has 0 saturated heterocycles. The number of rotatable bonds is 3. The number of alkyl halides is 3. The maximum Gasteiger partial charge on any atom is 0.401 e. The minimum Gasteiger partial charge on any atom is -0.477 e. The first-order valence-corrected chi connectivity index (χ1v) is 9.29. The zero-order valence-electron chi connectivity index (χ0n) is 16.0. The van der Waals surface area contributed by atoms with Gasteiger partial charge in [0.05, 0.1) is 13.2 Å². The lowest BCUT2D eigenvalue weighted by Crippen LogP contribution is -2.27. The number of aromatic nitrogens is 1. The molecule has 2 heterocycles. The molecule has 3 rings (SSSR count). The van der Waals surface area contributed by atoms with Crippen molar-refractivity contribution >= 4 is 20.5 Å². The molecule has 1 aliphatic heterocycles. The van der Waals surface area contributed by atoms with Crippen LogP contribution in [0.5, 0.6) is 5.88 Å². The predicted molar refractivity (Wildman–Crippen MR) is 106 cm³/mol. The van der Waals surface area contributed by atoms with Gasteiger partial charge in [-0.15, -0.1) is 9.24 Å². The van der Waals surface area contributed by atoms with E-state index in [1.165, 1.54) is 26.2 Å². The number of amides is 1. The number of carbonyl (C=O) groups is 1. The first kappa shape index (κ1) is 23.0. The maximum atomic E-state index is 14.2. The summed E-state index contributed by atoms with van der Waals surface area (Å²) in [5.41, 5.74) is 7.25. The summed E-state index contributed by atoms with van der Waals surface area (Å²) in [7, 11) is 5.22. The number of hydrogen-bond donors (Lipinski definition) is 1. The van der Waals surface area contributed by atoms with Crippen LogP contribution in [-0.4, -0.2) is 49.2 Å². The van der Waals surface area contributed by atoms with Crippen LogP contribution in [0.3, 0.4) is 0 Å². The van der Waals surface area contributed by atoms with E-state index in [0.717, 1.165) is 28.6 Å². The van der Waals surface area contributed by atoms with E-state index < -0.39 is 18.6 Å². The minimum atomic E-state index is -4.05. The average molecular weight is 431 g/mol. The average Bonchev–Trinajstić information content (AvgIpc) is 2.59. The SMILES string of the molecule is CN(C)CC(F)(F)F.NC(=O)c1cc(-c2ccc(P)cc2F)c2c(n1)OCCC2. The summed E-state index contributed by atoms with van der Waals surface area (Å²) in [6.45, 7) is -0.304. The van der Waals surface area contributed by atoms with Gasteiger partial charge in [0, 0.05) is 11.1 Å². The van der Waals surface area contributed by atoms with Crippen LogP contribution in [-0.2, 0) is 6.42 Å². The zero-order chi connectivity index (χ0) is 21.8. The second-order valence-electron chi connectivity index (χ2n) is 6.75. The van der Waals surface area contributed by atoms with E-state index >= 15 is 0 Å². The van der Waals surface area contributed by atoms with Gasteiger partial charge in [-0.05, 0) is 49.9 Å². The Hall–Kier alpha value is -2.25. The van der Waals surface area contributed by atoms with Crippen molar-refractivity contribution in [3.63, 3.8) is 0 Å². The van der Waals surface area contributed by atoms with E-state index in [1.807, 2.05) is 0 Å². The van der Waals surface area contributed by atoms with Crippen LogP contribution < -0.4 is 15.8 Å². The molecule has 1 aromatic heterocycles. The normalized spacial score (nSPS) is 13.2. The second kappa shape index (κ2) is 9.50. The predicted octanol–water partition coefficient (Wildman–Crippen LogP) is 2.92. The number of nitrogens with zero attached hydrogens (tertiary/aromatic N) is 2. The maximum absolute atomic E-state index is 14.2. The van der Waals surface area contributed by atoms with Crippen molar-refractivity contribution in [1.82, 2.24) is 9.88 Å². The fraction of sp³-hybridized carbons (Fsp3) is 0.368. The number of carbonyl (C=O) groups excluding carboxylic acids is 1. The third kappa shape index (κ3) is 6.65. The Bertz CT molecular complexity index is 888. The molecule has 1 amide bonds. The van der Waals surface area contributed by atoms with Gasteiger partial charge in [0.15, 0.2) is 0 Å². The van der Waals surface area contributed by atoms with Gasteiger partial charge >= 0.3 is 6.18 Å².